The molecule has 1 aromatic carbocycles. The maximum atomic E-state index is 12.8. The van der Waals surface area contributed by atoms with Gasteiger partial charge in [-0.1, -0.05) is 0 Å². The first-order valence-electron chi connectivity index (χ1n) is 5.56. The Morgan fingerprint density at radius 2 is 0.708 bits per heavy atom. The number of halogens is 12. The molecule has 0 amide bonds. The van der Waals surface area contributed by atoms with Crippen LogP contribution in [0.25, 0.3) is 0 Å². The van der Waals surface area contributed by atoms with Gasteiger partial charge in [0, 0.05) is 0 Å². The molecule has 0 saturated heterocycles. The van der Waals surface area contributed by atoms with Crippen molar-refractivity contribution in [1.29, 1.82) is 0 Å². The van der Waals surface area contributed by atoms with Crippen molar-refractivity contribution >= 4 is 5.69 Å². The van der Waals surface area contributed by atoms with Gasteiger partial charge in [-0.2, -0.15) is 52.7 Å². The quantitative estimate of drug-likeness (QED) is 0.457. The van der Waals surface area contributed by atoms with E-state index in [0.29, 0.717) is 0 Å². The molecule has 0 aliphatic rings. The monoisotopic (exact) mass is 379 g/mol. The van der Waals surface area contributed by atoms with Gasteiger partial charge >= 0.3 is 24.7 Å². The van der Waals surface area contributed by atoms with Gasteiger partial charge in [-0.3, -0.25) is 0 Å². The summed E-state index contributed by atoms with van der Waals surface area (Å²) in [6.45, 7) is -0.129. The fraction of sp³-hybridized carbons (Fsp3) is 0.455. The minimum absolute atomic E-state index is 0.129. The maximum Gasteiger partial charge on any atom is 0.419 e. The fourth-order valence-electron chi connectivity index (χ4n) is 2.19. The highest BCUT2D eigenvalue weighted by atomic mass is 19.4. The minimum atomic E-state index is -6.07. The van der Waals surface area contributed by atoms with Crippen LogP contribution in [0.5, 0.6) is 0 Å². The number of nitrogen functional groups attached to an aromatic ring is 1. The van der Waals surface area contributed by atoms with Crippen molar-refractivity contribution in [1.82, 2.24) is 0 Å². The van der Waals surface area contributed by atoms with Gasteiger partial charge in [-0.25, -0.2) is 0 Å². The van der Waals surface area contributed by atoms with Gasteiger partial charge in [0.15, 0.2) is 0 Å². The first-order valence-corrected chi connectivity index (χ1v) is 5.56. The normalized spacial score (nSPS) is 14.2. The molecular formula is C11H5F12N. The van der Waals surface area contributed by atoms with E-state index < -0.39 is 58.2 Å². The second-order valence-electron chi connectivity index (χ2n) is 4.53. The average Bonchev–Trinajstić information content (AvgIpc) is 2.24. The van der Waals surface area contributed by atoms with Crippen LogP contribution < -0.4 is 5.73 Å². The maximum absolute atomic E-state index is 12.8. The smallest absolute Gasteiger partial charge is 0.398 e. The van der Waals surface area contributed by atoms with E-state index in [4.69, 9.17) is 0 Å². The zero-order valence-electron chi connectivity index (χ0n) is 11.1. The summed E-state index contributed by atoms with van der Waals surface area (Å²) in [5.41, 5.74) is -12.3. The molecule has 24 heavy (non-hydrogen) atoms. The van der Waals surface area contributed by atoms with Gasteiger partial charge < -0.3 is 5.73 Å². The van der Waals surface area contributed by atoms with E-state index in [2.05, 4.69) is 5.73 Å². The van der Waals surface area contributed by atoms with E-state index in [9.17, 15) is 52.7 Å². The first-order chi connectivity index (χ1) is 10.3. The van der Waals surface area contributed by atoms with E-state index in [0.717, 1.165) is 0 Å². The highest BCUT2D eigenvalue weighted by molar-refractivity contribution is 5.67. The van der Waals surface area contributed by atoms with Crippen LogP contribution in [0.1, 0.15) is 27.8 Å². The number of benzene rings is 1. The summed E-state index contributed by atoms with van der Waals surface area (Å²) < 4.78 is 154. The van der Waals surface area contributed by atoms with Crippen LogP contribution in [0.2, 0.25) is 0 Å². The second kappa shape index (κ2) is 5.34. The lowest BCUT2D eigenvalue weighted by Crippen LogP contribution is -2.28. The molecule has 1 rings (SSSR count). The summed E-state index contributed by atoms with van der Waals surface area (Å²) in [6.07, 6.45) is -24.2. The van der Waals surface area contributed by atoms with Gasteiger partial charge in [0.05, 0.1) is 27.9 Å². The van der Waals surface area contributed by atoms with Crippen LogP contribution in [0.3, 0.4) is 0 Å². The molecule has 0 radical (unpaired) electrons. The minimum Gasteiger partial charge on any atom is -0.398 e. The molecule has 0 saturated carbocycles. The third-order valence-corrected chi connectivity index (χ3v) is 2.92. The van der Waals surface area contributed by atoms with E-state index >= 15 is 0 Å². The van der Waals surface area contributed by atoms with E-state index in [-0.39, 0.29) is 6.92 Å². The Labute approximate surface area is 125 Å². The highest BCUT2D eigenvalue weighted by Gasteiger charge is 2.54. The van der Waals surface area contributed by atoms with Crippen molar-refractivity contribution in [3.05, 3.63) is 27.8 Å². The Balaban J connectivity index is 4.28. The lowest BCUT2D eigenvalue weighted by molar-refractivity contribution is -0.170. The predicted molar refractivity (Wildman–Crippen MR) is 55.6 cm³/mol. The number of hydrogen-bond acceptors (Lipinski definition) is 1. The SMILES string of the molecule is Cc1c(C(F)(F)F)c(C(F)(F)F)c(N)c(C(F)(F)F)c1C(F)(F)F. The van der Waals surface area contributed by atoms with E-state index in [1.54, 1.807) is 0 Å². The van der Waals surface area contributed by atoms with Crippen molar-refractivity contribution < 1.29 is 52.7 Å². The molecule has 1 nitrogen and oxygen atoms in total. The summed E-state index contributed by atoms with van der Waals surface area (Å²) >= 11 is 0. The number of rotatable bonds is 0. The van der Waals surface area contributed by atoms with Crippen molar-refractivity contribution in [2.45, 2.75) is 31.6 Å². The number of alkyl halides is 12. The Morgan fingerprint density at radius 3 is 0.875 bits per heavy atom. The summed E-state index contributed by atoms with van der Waals surface area (Å²) in [7, 11) is 0. The molecule has 0 unspecified atom stereocenters. The van der Waals surface area contributed by atoms with Crippen molar-refractivity contribution in [2.24, 2.45) is 0 Å². The molecule has 0 fully saturated rings. The predicted octanol–water partition coefficient (Wildman–Crippen LogP) is 5.65. The summed E-state index contributed by atoms with van der Waals surface area (Å²) in [5, 5.41) is 0. The van der Waals surface area contributed by atoms with E-state index in [1.807, 2.05) is 0 Å². The third-order valence-electron chi connectivity index (χ3n) is 2.92. The van der Waals surface area contributed by atoms with Gasteiger partial charge in [-0.15, -0.1) is 0 Å². The van der Waals surface area contributed by atoms with Crippen LogP contribution in [0, 0.1) is 6.92 Å². The Bertz CT molecular complexity index is 533. The zero-order chi connectivity index (χ0) is 19.5. The van der Waals surface area contributed by atoms with Crippen molar-refractivity contribution in [3.63, 3.8) is 0 Å². The van der Waals surface area contributed by atoms with Gasteiger partial charge in [0.25, 0.3) is 0 Å². The molecule has 0 atom stereocenters. The molecule has 0 aromatic heterocycles. The van der Waals surface area contributed by atoms with Crippen LogP contribution in [0.15, 0.2) is 0 Å². The van der Waals surface area contributed by atoms with Gasteiger partial charge in [-0.05, 0) is 12.5 Å². The summed E-state index contributed by atoms with van der Waals surface area (Å²) in [5.74, 6) is 0. The largest absolute Gasteiger partial charge is 0.419 e. The Morgan fingerprint density at radius 1 is 0.500 bits per heavy atom. The zero-order valence-corrected chi connectivity index (χ0v) is 11.1. The third kappa shape index (κ3) is 3.48. The molecular weight excluding hydrogens is 374 g/mol. The number of nitrogens with two attached hydrogens (primary N) is 1. The molecule has 0 bridgehead atoms. The number of anilines is 1. The molecule has 13 heteroatoms. The number of hydrogen-bond donors (Lipinski definition) is 1. The molecule has 0 aliphatic heterocycles. The summed E-state index contributed by atoms with van der Waals surface area (Å²) in [4.78, 5) is 0. The Kier molecular flexibility index (Phi) is 4.50. The second-order valence-corrected chi connectivity index (χ2v) is 4.53. The molecule has 138 valence electrons. The molecule has 0 spiro atoms. The van der Waals surface area contributed by atoms with Crippen LogP contribution in [0.4, 0.5) is 58.4 Å². The lowest BCUT2D eigenvalue weighted by atomic mass is 9.88. The molecule has 0 aliphatic carbocycles. The van der Waals surface area contributed by atoms with E-state index in [1.165, 1.54) is 0 Å². The molecule has 1 aromatic rings. The van der Waals surface area contributed by atoms with Crippen LogP contribution >= 0.6 is 0 Å². The summed E-state index contributed by atoms with van der Waals surface area (Å²) in [6, 6.07) is 0. The standard InChI is InChI=1S/C11H5F12N/c1-2-3(8(12,13)14)5(10(18,19)20)7(24)6(11(21,22)23)4(2)9(15,16)17/h24H2,1H3. The van der Waals surface area contributed by atoms with Gasteiger partial charge in [0.1, 0.15) is 0 Å². The topological polar surface area (TPSA) is 26.0 Å². The van der Waals surface area contributed by atoms with Crippen LogP contribution in [-0.4, -0.2) is 0 Å². The van der Waals surface area contributed by atoms with Crippen molar-refractivity contribution in [3.8, 4) is 0 Å². The highest BCUT2D eigenvalue weighted by Crippen LogP contribution is 2.53. The van der Waals surface area contributed by atoms with Crippen LogP contribution in [-0.2, 0) is 24.7 Å². The molecule has 2 N–H and O–H groups in total. The van der Waals surface area contributed by atoms with Gasteiger partial charge in [0.2, 0.25) is 0 Å². The first kappa shape index (κ1) is 20.2. The fourth-order valence-corrected chi connectivity index (χ4v) is 2.19. The van der Waals surface area contributed by atoms with Crippen molar-refractivity contribution in [2.75, 3.05) is 5.73 Å². The molecule has 0 heterocycles. The lowest BCUT2D eigenvalue weighted by Gasteiger charge is -2.27. The average molecular weight is 379 g/mol. The Hall–Kier alpha value is -1.82.